The number of hydrogen-bond donors (Lipinski definition) is 1. The van der Waals surface area contributed by atoms with Gasteiger partial charge in [0, 0.05) is 40.6 Å². The molecule has 4 aromatic carbocycles. The largest absolute Gasteiger partial charge is 0.506 e. The summed E-state index contributed by atoms with van der Waals surface area (Å²) in [6.07, 6.45) is 1.85. The predicted octanol–water partition coefficient (Wildman–Crippen LogP) is 7.90. The molecule has 1 N–H and O–H groups in total. The third kappa shape index (κ3) is 3.99. The number of benzene rings is 4. The van der Waals surface area contributed by atoms with Crippen molar-refractivity contribution in [3.05, 3.63) is 115 Å². The lowest BCUT2D eigenvalue weighted by Crippen LogP contribution is -1.98. The van der Waals surface area contributed by atoms with E-state index in [0.29, 0.717) is 22.9 Å². The maximum Gasteiger partial charge on any atom is 0.219 e. The van der Waals surface area contributed by atoms with Gasteiger partial charge >= 0.3 is 0 Å². The molecular formula is C33H23N3O3. The lowest BCUT2D eigenvalue weighted by molar-refractivity contribution is 0.409. The molecule has 0 aliphatic carbocycles. The zero-order valence-corrected chi connectivity index (χ0v) is 21.1. The van der Waals surface area contributed by atoms with Gasteiger partial charge in [-0.05, 0) is 53.6 Å². The Kier molecular flexibility index (Phi) is 5.37. The van der Waals surface area contributed by atoms with Crippen LogP contribution in [0, 0.1) is 0 Å². The Hall–Kier alpha value is -5.36. The van der Waals surface area contributed by atoms with E-state index in [1.165, 1.54) is 0 Å². The third-order valence-corrected chi connectivity index (χ3v) is 6.91. The van der Waals surface area contributed by atoms with E-state index in [4.69, 9.17) is 14.5 Å². The van der Waals surface area contributed by atoms with E-state index < -0.39 is 0 Å². The van der Waals surface area contributed by atoms with Crippen molar-refractivity contribution in [3.63, 3.8) is 0 Å². The average Bonchev–Trinajstić information content (AvgIpc) is 3.31. The lowest BCUT2D eigenvalue weighted by atomic mass is 10.1. The van der Waals surface area contributed by atoms with Crippen molar-refractivity contribution in [2.24, 2.45) is 0 Å². The zero-order valence-electron chi connectivity index (χ0n) is 21.1. The summed E-state index contributed by atoms with van der Waals surface area (Å²) in [6, 6.07) is 35.8. The number of phenols is 1. The van der Waals surface area contributed by atoms with E-state index in [0.717, 1.165) is 44.1 Å². The van der Waals surface area contributed by atoms with Crippen molar-refractivity contribution in [1.82, 2.24) is 14.5 Å². The Bertz CT molecular complexity index is 2000. The van der Waals surface area contributed by atoms with Crippen LogP contribution in [0.1, 0.15) is 0 Å². The van der Waals surface area contributed by atoms with Crippen LogP contribution in [0.2, 0.25) is 0 Å². The Morgan fingerprint density at radius 3 is 2.38 bits per heavy atom. The molecule has 0 radical (unpaired) electrons. The highest BCUT2D eigenvalue weighted by atomic mass is 16.5. The van der Waals surface area contributed by atoms with Crippen LogP contribution in [-0.4, -0.2) is 26.8 Å². The van der Waals surface area contributed by atoms with Gasteiger partial charge in [-0.3, -0.25) is 4.57 Å². The molecule has 0 amide bonds. The maximum atomic E-state index is 10.5. The molecule has 0 saturated heterocycles. The lowest BCUT2D eigenvalue weighted by Gasteiger charge is -2.11. The average molecular weight is 510 g/mol. The molecule has 39 heavy (non-hydrogen) atoms. The summed E-state index contributed by atoms with van der Waals surface area (Å²) >= 11 is 0. The molecule has 0 bridgehead atoms. The highest BCUT2D eigenvalue weighted by molar-refractivity contribution is 6.09. The molecule has 0 aliphatic heterocycles. The zero-order chi connectivity index (χ0) is 26.3. The van der Waals surface area contributed by atoms with Crippen LogP contribution >= 0.6 is 0 Å². The molecule has 0 spiro atoms. The monoisotopic (exact) mass is 509 g/mol. The molecule has 0 unspecified atom stereocenters. The van der Waals surface area contributed by atoms with E-state index in [1.807, 2.05) is 66.9 Å². The molecule has 3 aromatic heterocycles. The van der Waals surface area contributed by atoms with Gasteiger partial charge in [0.05, 0.1) is 18.1 Å². The van der Waals surface area contributed by atoms with Gasteiger partial charge in [-0.25, -0.2) is 9.97 Å². The fourth-order valence-electron chi connectivity index (χ4n) is 5.08. The van der Waals surface area contributed by atoms with Gasteiger partial charge in [0.15, 0.2) is 0 Å². The smallest absolute Gasteiger partial charge is 0.219 e. The molecular weight excluding hydrogens is 486 g/mol. The van der Waals surface area contributed by atoms with Crippen LogP contribution in [0.15, 0.2) is 115 Å². The van der Waals surface area contributed by atoms with Crippen LogP contribution in [0.5, 0.6) is 23.1 Å². The predicted molar refractivity (Wildman–Crippen MR) is 154 cm³/mol. The van der Waals surface area contributed by atoms with Crippen LogP contribution < -0.4 is 9.47 Å². The van der Waals surface area contributed by atoms with Crippen molar-refractivity contribution in [2.45, 2.75) is 0 Å². The number of para-hydroxylation sites is 1. The van der Waals surface area contributed by atoms with E-state index in [2.05, 4.69) is 45.9 Å². The second-order valence-corrected chi connectivity index (χ2v) is 9.27. The molecule has 0 aliphatic rings. The fraction of sp³-hybridized carbons (Fsp3) is 0.0303. The minimum Gasteiger partial charge on any atom is -0.506 e. The van der Waals surface area contributed by atoms with E-state index >= 15 is 0 Å². The molecule has 0 fully saturated rings. The van der Waals surface area contributed by atoms with Crippen LogP contribution in [-0.2, 0) is 0 Å². The summed E-state index contributed by atoms with van der Waals surface area (Å²) in [7, 11) is 1.56. The first-order valence-corrected chi connectivity index (χ1v) is 12.6. The van der Waals surface area contributed by atoms with E-state index in [-0.39, 0.29) is 5.75 Å². The fourth-order valence-corrected chi connectivity index (χ4v) is 5.08. The third-order valence-electron chi connectivity index (χ3n) is 6.91. The van der Waals surface area contributed by atoms with Crippen molar-refractivity contribution < 1.29 is 14.6 Å². The Morgan fingerprint density at radius 1 is 0.692 bits per heavy atom. The first kappa shape index (κ1) is 22.8. The van der Waals surface area contributed by atoms with Gasteiger partial charge in [0.25, 0.3) is 0 Å². The van der Waals surface area contributed by atoms with Gasteiger partial charge in [-0.1, -0.05) is 48.5 Å². The number of hydrogen-bond acceptors (Lipinski definition) is 5. The normalized spacial score (nSPS) is 11.3. The molecule has 7 rings (SSSR count). The summed E-state index contributed by atoms with van der Waals surface area (Å²) < 4.78 is 13.6. The quantitative estimate of drug-likeness (QED) is 0.255. The van der Waals surface area contributed by atoms with Crippen LogP contribution in [0.4, 0.5) is 0 Å². The van der Waals surface area contributed by atoms with Crippen LogP contribution in [0.25, 0.3) is 49.7 Å². The van der Waals surface area contributed by atoms with Gasteiger partial charge in [0.2, 0.25) is 5.88 Å². The summed E-state index contributed by atoms with van der Waals surface area (Å²) in [5.41, 5.74) is 4.71. The van der Waals surface area contributed by atoms with Crippen LogP contribution in [0.3, 0.4) is 0 Å². The van der Waals surface area contributed by atoms with Gasteiger partial charge in [-0.2, -0.15) is 0 Å². The molecule has 0 atom stereocenters. The van der Waals surface area contributed by atoms with Gasteiger partial charge in [0.1, 0.15) is 28.6 Å². The first-order valence-electron chi connectivity index (χ1n) is 12.6. The van der Waals surface area contributed by atoms with Gasteiger partial charge in [-0.15, -0.1) is 0 Å². The van der Waals surface area contributed by atoms with E-state index in [1.54, 1.807) is 19.2 Å². The molecule has 7 aromatic rings. The molecule has 6 heteroatoms. The molecule has 0 saturated carbocycles. The van der Waals surface area contributed by atoms with Crippen molar-refractivity contribution in [2.75, 3.05) is 7.11 Å². The Labute approximate surface area is 224 Å². The first-order chi connectivity index (χ1) is 19.2. The highest BCUT2D eigenvalue weighted by Crippen LogP contribution is 2.36. The number of aromatic nitrogens is 3. The standard InChI is InChI=1S/C33H23N3O3/c1-38-25-17-23-11-14-32(35-33(23)30(37)20-25)39-24-12-13-27-26-9-5-6-10-28(26)36(29(27)19-24)31-18-22(15-16-34-31)21-7-3-2-4-8-21/h2-20,37H,1H3. The minimum atomic E-state index is 0.0368. The Morgan fingerprint density at radius 2 is 1.51 bits per heavy atom. The highest BCUT2D eigenvalue weighted by Gasteiger charge is 2.15. The number of fused-ring (bicyclic) bond motifs is 4. The second kappa shape index (κ2) is 9.19. The summed E-state index contributed by atoms with van der Waals surface area (Å²) in [5, 5.41) is 13.4. The number of rotatable bonds is 5. The number of methoxy groups -OCH3 is 1. The number of phenolic OH excluding ortho intramolecular Hbond substituents is 1. The molecule has 6 nitrogen and oxygen atoms in total. The minimum absolute atomic E-state index is 0.0368. The Balaban J connectivity index is 1.35. The van der Waals surface area contributed by atoms with Crippen molar-refractivity contribution >= 4 is 32.7 Å². The summed E-state index contributed by atoms with van der Waals surface area (Å²) in [6.45, 7) is 0. The summed E-state index contributed by atoms with van der Waals surface area (Å²) in [5.74, 6) is 2.44. The molecule has 188 valence electrons. The van der Waals surface area contributed by atoms with Crippen molar-refractivity contribution in [1.29, 1.82) is 0 Å². The maximum absolute atomic E-state index is 10.5. The number of nitrogens with zero attached hydrogens (tertiary/aromatic N) is 3. The van der Waals surface area contributed by atoms with Crippen molar-refractivity contribution in [3.8, 4) is 40.1 Å². The summed E-state index contributed by atoms with van der Waals surface area (Å²) in [4.78, 5) is 9.30. The SMILES string of the molecule is COc1cc(O)c2nc(Oc3ccc4c5ccccc5n(-c5cc(-c6ccccc6)ccn5)c4c3)ccc2c1. The number of pyridine rings is 2. The number of aromatic hydroxyl groups is 1. The van der Waals surface area contributed by atoms with Gasteiger partial charge < -0.3 is 14.6 Å². The number of ether oxygens (including phenoxy) is 2. The topological polar surface area (TPSA) is 69.4 Å². The van der Waals surface area contributed by atoms with E-state index in [9.17, 15) is 5.11 Å². The second-order valence-electron chi connectivity index (χ2n) is 9.27. The molecule has 3 heterocycles.